The predicted molar refractivity (Wildman–Crippen MR) is 123 cm³/mol. The Labute approximate surface area is 183 Å². The number of halogens is 1. The molecule has 0 radical (unpaired) electrons. The summed E-state index contributed by atoms with van der Waals surface area (Å²) in [5.74, 6) is 1.14. The van der Waals surface area contributed by atoms with Crippen LogP contribution in [-0.4, -0.2) is 40.5 Å². The topological polar surface area (TPSA) is 75.4 Å². The van der Waals surface area contributed by atoms with Crippen LogP contribution in [0.25, 0.3) is 21.9 Å². The first-order valence-corrected chi connectivity index (χ1v) is 11.5. The number of rotatable bonds is 6. The molecule has 1 aliphatic rings. The lowest BCUT2D eigenvalue weighted by atomic mass is 9.76. The van der Waals surface area contributed by atoms with Crippen molar-refractivity contribution in [3.63, 3.8) is 0 Å². The van der Waals surface area contributed by atoms with Crippen LogP contribution in [0.3, 0.4) is 0 Å². The van der Waals surface area contributed by atoms with Crippen molar-refractivity contribution in [3.8, 4) is 0 Å². The molecule has 1 saturated carbocycles. The van der Waals surface area contributed by atoms with Gasteiger partial charge in [-0.15, -0.1) is 11.8 Å². The molecule has 0 bridgehead atoms. The summed E-state index contributed by atoms with van der Waals surface area (Å²) in [6.07, 6.45) is 4.28. The van der Waals surface area contributed by atoms with Crippen LogP contribution < -0.4 is 10.3 Å². The number of aliphatic carboxylic acids is 1. The van der Waals surface area contributed by atoms with E-state index in [4.69, 9.17) is 16.6 Å². The fourth-order valence-corrected chi connectivity index (χ4v) is 5.53. The van der Waals surface area contributed by atoms with E-state index in [1.165, 1.54) is 24.6 Å². The third-order valence-electron chi connectivity index (χ3n) is 5.85. The third kappa shape index (κ3) is 3.65. The molecule has 1 aliphatic carbocycles. The van der Waals surface area contributed by atoms with Gasteiger partial charge in [0.25, 0.3) is 0 Å². The van der Waals surface area contributed by atoms with Crippen LogP contribution in [0.1, 0.15) is 19.8 Å². The van der Waals surface area contributed by atoms with Crippen LogP contribution in [0.5, 0.6) is 0 Å². The Morgan fingerprint density at radius 1 is 1.30 bits per heavy atom. The van der Waals surface area contributed by atoms with Crippen LogP contribution in [0.2, 0.25) is 5.02 Å². The second-order valence-corrected chi connectivity index (χ2v) is 9.37. The zero-order valence-electron chi connectivity index (χ0n) is 17.2. The first-order valence-electron chi connectivity index (χ1n) is 9.92. The van der Waals surface area contributed by atoms with E-state index in [0.717, 1.165) is 18.3 Å². The number of thioether (sulfide) groups is 1. The van der Waals surface area contributed by atoms with Crippen LogP contribution in [0, 0.1) is 11.8 Å². The Morgan fingerprint density at radius 2 is 2.00 bits per heavy atom. The van der Waals surface area contributed by atoms with Crippen molar-refractivity contribution in [3.05, 3.63) is 39.5 Å². The smallest absolute Gasteiger partial charge is 0.323 e. The lowest BCUT2D eigenvalue weighted by Gasteiger charge is -2.36. The molecule has 158 valence electrons. The molecule has 0 atom stereocenters. The SMILES string of the molecule is CSc1c(Cl)ccc2c(=O)c3ccc(N(C)CC4CC(C)C4)nc3n(CC(=O)O)c12. The summed E-state index contributed by atoms with van der Waals surface area (Å²) in [7, 11) is 1.99. The summed E-state index contributed by atoms with van der Waals surface area (Å²) in [4.78, 5) is 32.4. The molecule has 0 aliphatic heterocycles. The highest BCUT2D eigenvalue weighted by Crippen LogP contribution is 2.35. The van der Waals surface area contributed by atoms with Gasteiger partial charge in [-0.05, 0) is 55.2 Å². The monoisotopic (exact) mass is 445 g/mol. The van der Waals surface area contributed by atoms with Crippen molar-refractivity contribution in [1.29, 1.82) is 0 Å². The number of carbonyl (C=O) groups is 1. The first kappa shape index (κ1) is 21.0. The van der Waals surface area contributed by atoms with Crippen molar-refractivity contribution in [2.24, 2.45) is 11.8 Å². The van der Waals surface area contributed by atoms with Crippen molar-refractivity contribution in [2.75, 3.05) is 24.7 Å². The molecule has 8 heteroatoms. The number of hydrogen-bond donors (Lipinski definition) is 1. The van der Waals surface area contributed by atoms with Crippen molar-refractivity contribution >= 4 is 57.1 Å². The van der Waals surface area contributed by atoms with Crippen molar-refractivity contribution in [2.45, 2.75) is 31.2 Å². The number of nitrogens with zero attached hydrogens (tertiary/aromatic N) is 3. The highest BCUT2D eigenvalue weighted by molar-refractivity contribution is 7.99. The maximum absolute atomic E-state index is 13.2. The van der Waals surface area contributed by atoms with Gasteiger partial charge >= 0.3 is 5.97 Å². The maximum Gasteiger partial charge on any atom is 0.323 e. The van der Waals surface area contributed by atoms with E-state index in [1.54, 1.807) is 22.8 Å². The number of aromatic nitrogens is 2. The fraction of sp³-hybridized carbons (Fsp3) is 0.409. The van der Waals surface area contributed by atoms with Gasteiger partial charge < -0.3 is 14.6 Å². The summed E-state index contributed by atoms with van der Waals surface area (Å²) >= 11 is 7.77. The van der Waals surface area contributed by atoms with Gasteiger partial charge in [0.2, 0.25) is 0 Å². The normalized spacial score (nSPS) is 18.5. The van der Waals surface area contributed by atoms with E-state index in [1.807, 2.05) is 19.4 Å². The molecule has 6 nitrogen and oxygen atoms in total. The summed E-state index contributed by atoms with van der Waals surface area (Å²) in [6.45, 7) is 2.85. The molecular formula is C22H24ClN3O3S. The number of carboxylic acids is 1. The van der Waals surface area contributed by atoms with E-state index >= 15 is 0 Å². The lowest BCUT2D eigenvalue weighted by Crippen LogP contribution is -2.33. The summed E-state index contributed by atoms with van der Waals surface area (Å²) in [6, 6.07) is 6.94. The largest absolute Gasteiger partial charge is 0.480 e. The van der Waals surface area contributed by atoms with Gasteiger partial charge in [0.15, 0.2) is 5.43 Å². The molecule has 0 amide bonds. The molecule has 2 heterocycles. The highest BCUT2D eigenvalue weighted by Gasteiger charge is 2.27. The zero-order valence-corrected chi connectivity index (χ0v) is 18.8. The molecule has 0 spiro atoms. The van der Waals surface area contributed by atoms with Gasteiger partial charge in [0.05, 0.1) is 20.8 Å². The molecule has 1 N–H and O–H groups in total. The molecule has 4 rings (SSSR count). The minimum atomic E-state index is -1.00. The number of hydrogen-bond acceptors (Lipinski definition) is 5. The van der Waals surface area contributed by atoms with Crippen molar-refractivity contribution < 1.29 is 9.90 Å². The summed E-state index contributed by atoms with van der Waals surface area (Å²) < 4.78 is 1.61. The Hall–Kier alpha value is -2.25. The standard InChI is InChI=1S/C22H24ClN3O3S/c1-12-8-13(9-12)10-25(2)17-7-5-15-20(29)14-4-6-16(23)21(30-3)19(14)26(11-18(27)28)22(15)24-17/h4-7,12-13H,8-11H2,1-3H3,(H,27,28). The molecule has 2 aromatic heterocycles. The van der Waals surface area contributed by atoms with Gasteiger partial charge in [-0.1, -0.05) is 18.5 Å². The number of fused-ring (bicyclic) bond motifs is 2. The van der Waals surface area contributed by atoms with Crippen LogP contribution in [0.4, 0.5) is 5.82 Å². The molecule has 1 aromatic carbocycles. The first-order chi connectivity index (χ1) is 14.3. The average molecular weight is 446 g/mol. The van der Waals surface area contributed by atoms with E-state index in [9.17, 15) is 14.7 Å². The molecule has 30 heavy (non-hydrogen) atoms. The Morgan fingerprint density at radius 3 is 2.63 bits per heavy atom. The molecule has 0 saturated heterocycles. The highest BCUT2D eigenvalue weighted by atomic mass is 35.5. The molecule has 3 aromatic rings. The second-order valence-electron chi connectivity index (χ2n) is 8.15. The Kier molecular flexibility index (Phi) is 5.68. The second kappa shape index (κ2) is 8.12. The van der Waals surface area contributed by atoms with Gasteiger partial charge in [-0.25, -0.2) is 4.98 Å². The molecule has 0 unspecified atom stereocenters. The van der Waals surface area contributed by atoms with Crippen LogP contribution in [-0.2, 0) is 11.3 Å². The van der Waals surface area contributed by atoms with Crippen LogP contribution in [0.15, 0.2) is 34.0 Å². The van der Waals surface area contributed by atoms with Gasteiger partial charge in [0, 0.05) is 19.0 Å². The van der Waals surface area contributed by atoms with E-state index in [0.29, 0.717) is 37.8 Å². The van der Waals surface area contributed by atoms with E-state index < -0.39 is 5.97 Å². The summed E-state index contributed by atoms with van der Waals surface area (Å²) in [5.41, 5.74) is 0.733. The quantitative estimate of drug-likeness (QED) is 0.445. The Balaban J connectivity index is 1.94. The molecule has 1 fully saturated rings. The number of pyridine rings is 2. The molecular weight excluding hydrogens is 422 g/mol. The summed E-state index contributed by atoms with van der Waals surface area (Å²) in [5, 5.41) is 10.9. The predicted octanol–water partition coefficient (Wildman–Crippen LogP) is 4.49. The minimum Gasteiger partial charge on any atom is -0.480 e. The van der Waals surface area contributed by atoms with Crippen molar-refractivity contribution in [1.82, 2.24) is 9.55 Å². The van der Waals surface area contributed by atoms with E-state index in [-0.39, 0.29) is 12.0 Å². The van der Waals surface area contributed by atoms with Crippen LogP contribution >= 0.6 is 23.4 Å². The van der Waals surface area contributed by atoms with Gasteiger partial charge in [0.1, 0.15) is 18.0 Å². The van der Waals surface area contributed by atoms with Gasteiger partial charge in [-0.3, -0.25) is 9.59 Å². The Bertz CT molecular complexity index is 1200. The zero-order chi connectivity index (χ0) is 21.6. The fourth-order valence-electron chi connectivity index (χ4n) is 4.47. The lowest BCUT2D eigenvalue weighted by molar-refractivity contribution is -0.137. The average Bonchev–Trinajstić information content (AvgIpc) is 2.69. The maximum atomic E-state index is 13.2. The van der Waals surface area contributed by atoms with Gasteiger partial charge in [-0.2, -0.15) is 0 Å². The number of benzene rings is 1. The van der Waals surface area contributed by atoms with E-state index in [2.05, 4.69) is 11.8 Å². The number of anilines is 1. The minimum absolute atomic E-state index is 0.164. The third-order valence-corrected chi connectivity index (χ3v) is 7.10. The number of carboxylic acid groups (broad SMARTS) is 1.